The molecule has 1 unspecified atom stereocenters. The van der Waals surface area contributed by atoms with Gasteiger partial charge in [-0.15, -0.1) is 0 Å². The minimum absolute atomic E-state index is 0.216. The molecule has 2 rings (SSSR count). The number of hydrogen-bond acceptors (Lipinski definition) is 3. The lowest BCUT2D eigenvalue weighted by Gasteiger charge is -2.09. The van der Waals surface area contributed by atoms with E-state index in [1.165, 1.54) is 0 Å². The normalized spacial score (nSPS) is 22.9. The number of aryl methyl sites for hydroxylation is 1. The molecular formula is C9H12N2O. The van der Waals surface area contributed by atoms with Crippen LogP contribution in [0.15, 0.2) is 12.5 Å². The van der Waals surface area contributed by atoms with Gasteiger partial charge in [-0.25, -0.2) is 9.97 Å². The standard InChI is InChI=1S/C9H12N2O/c1-7-5-10-6-11-9(7)8-3-2-4-12-8/h5-6,8H,2-4H2,1H3. The van der Waals surface area contributed by atoms with E-state index in [-0.39, 0.29) is 6.10 Å². The first kappa shape index (κ1) is 7.68. The summed E-state index contributed by atoms with van der Waals surface area (Å²) in [6.07, 6.45) is 5.88. The van der Waals surface area contributed by atoms with Crippen molar-refractivity contribution in [2.45, 2.75) is 25.9 Å². The molecular weight excluding hydrogens is 152 g/mol. The van der Waals surface area contributed by atoms with Crippen LogP contribution in [0.2, 0.25) is 0 Å². The van der Waals surface area contributed by atoms with Crippen LogP contribution in [0, 0.1) is 6.92 Å². The first-order valence-electron chi connectivity index (χ1n) is 4.26. The minimum atomic E-state index is 0.216. The van der Waals surface area contributed by atoms with Gasteiger partial charge >= 0.3 is 0 Å². The van der Waals surface area contributed by atoms with E-state index in [9.17, 15) is 0 Å². The van der Waals surface area contributed by atoms with Crippen molar-refractivity contribution in [2.75, 3.05) is 6.61 Å². The molecule has 3 heteroatoms. The second-order valence-corrected chi connectivity index (χ2v) is 3.09. The van der Waals surface area contributed by atoms with Crippen molar-refractivity contribution < 1.29 is 4.74 Å². The molecule has 0 radical (unpaired) electrons. The van der Waals surface area contributed by atoms with Crippen LogP contribution in [0.5, 0.6) is 0 Å². The molecule has 0 amide bonds. The molecule has 1 aliphatic heterocycles. The molecule has 1 atom stereocenters. The second-order valence-electron chi connectivity index (χ2n) is 3.09. The number of rotatable bonds is 1. The molecule has 0 bridgehead atoms. The Labute approximate surface area is 71.8 Å². The Morgan fingerprint density at radius 3 is 3.17 bits per heavy atom. The zero-order valence-corrected chi connectivity index (χ0v) is 7.16. The molecule has 1 aromatic heterocycles. The fourth-order valence-corrected chi connectivity index (χ4v) is 1.54. The van der Waals surface area contributed by atoms with Gasteiger partial charge in [0.2, 0.25) is 0 Å². The molecule has 1 aliphatic rings. The third kappa shape index (κ3) is 1.32. The zero-order valence-electron chi connectivity index (χ0n) is 7.16. The molecule has 1 saturated heterocycles. The number of aromatic nitrogens is 2. The van der Waals surface area contributed by atoms with Gasteiger partial charge in [0.1, 0.15) is 6.33 Å². The summed E-state index contributed by atoms with van der Waals surface area (Å²) in [7, 11) is 0. The zero-order chi connectivity index (χ0) is 8.39. The predicted molar refractivity (Wildman–Crippen MR) is 44.7 cm³/mol. The van der Waals surface area contributed by atoms with Gasteiger partial charge in [0.25, 0.3) is 0 Å². The van der Waals surface area contributed by atoms with E-state index in [1.54, 1.807) is 6.33 Å². The van der Waals surface area contributed by atoms with Crippen LogP contribution in [0.25, 0.3) is 0 Å². The fraction of sp³-hybridized carbons (Fsp3) is 0.556. The smallest absolute Gasteiger partial charge is 0.115 e. The molecule has 0 aromatic carbocycles. The Hall–Kier alpha value is -0.960. The molecule has 1 aromatic rings. The van der Waals surface area contributed by atoms with Gasteiger partial charge < -0.3 is 4.74 Å². The SMILES string of the molecule is Cc1cncnc1C1CCCO1. The largest absolute Gasteiger partial charge is 0.372 e. The van der Waals surface area contributed by atoms with Gasteiger partial charge in [0.15, 0.2) is 0 Å². The van der Waals surface area contributed by atoms with Crippen LogP contribution in [0.4, 0.5) is 0 Å². The summed E-state index contributed by atoms with van der Waals surface area (Å²) in [5.41, 5.74) is 2.19. The second kappa shape index (κ2) is 3.19. The average Bonchev–Trinajstić information content (AvgIpc) is 2.57. The van der Waals surface area contributed by atoms with E-state index in [4.69, 9.17) is 4.74 Å². The molecule has 1 fully saturated rings. The van der Waals surface area contributed by atoms with Crippen molar-refractivity contribution in [3.8, 4) is 0 Å². The highest BCUT2D eigenvalue weighted by atomic mass is 16.5. The van der Waals surface area contributed by atoms with Gasteiger partial charge in [0.05, 0.1) is 11.8 Å². The van der Waals surface area contributed by atoms with Crippen LogP contribution in [0.1, 0.15) is 30.2 Å². The third-order valence-electron chi connectivity index (χ3n) is 2.17. The van der Waals surface area contributed by atoms with Crippen molar-refractivity contribution in [1.29, 1.82) is 0 Å². The highest BCUT2D eigenvalue weighted by Crippen LogP contribution is 2.28. The topological polar surface area (TPSA) is 35.0 Å². The quantitative estimate of drug-likeness (QED) is 0.632. The summed E-state index contributed by atoms with van der Waals surface area (Å²) in [5.74, 6) is 0. The van der Waals surface area contributed by atoms with Crippen LogP contribution >= 0.6 is 0 Å². The summed E-state index contributed by atoms with van der Waals surface area (Å²) in [5, 5.41) is 0. The van der Waals surface area contributed by atoms with Gasteiger partial charge in [-0.05, 0) is 25.3 Å². The minimum Gasteiger partial charge on any atom is -0.372 e. The molecule has 3 nitrogen and oxygen atoms in total. The highest BCUT2D eigenvalue weighted by Gasteiger charge is 2.20. The Kier molecular flexibility index (Phi) is 2.04. The molecule has 64 valence electrons. The summed E-state index contributed by atoms with van der Waals surface area (Å²) in [6.45, 7) is 2.89. The lowest BCUT2D eigenvalue weighted by Crippen LogP contribution is -2.02. The monoisotopic (exact) mass is 164 g/mol. The van der Waals surface area contributed by atoms with E-state index >= 15 is 0 Å². The van der Waals surface area contributed by atoms with E-state index in [0.717, 1.165) is 30.7 Å². The van der Waals surface area contributed by atoms with Gasteiger partial charge in [-0.2, -0.15) is 0 Å². The summed E-state index contributed by atoms with van der Waals surface area (Å²) >= 11 is 0. The average molecular weight is 164 g/mol. The van der Waals surface area contributed by atoms with E-state index < -0.39 is 0 Å². The van der Waals surface area contributed by atoms with Crippen molar-refractivity contribution >= 4 is 0 Å². The molecule has 0 N–H and O–H groups in total. The Balaban J connectivity index is 2.26. The van der Waals surface area contributed by atoms with Crippen molar-refractivity contribution in [3.05, 3.63) is 23.8 Å². The number of ether oxygens (including phenoxy) is 1. The highest BCUT2D eigenvalue weighted by molar-refractivity contribution is 5.16. The predicted octanol–water partition coefficient (Wildman–Crippen LogP) is 1.64. The Morgan fingerprint density at radius 2 is 2.50 bits per heavy atom. The van der Waals surface area contributed by atoms with Gasteiger partial charge in [-0.3, -0.25) is 0 Å². The maximum Gasteiger partial charge on any atom is 0.115 e. The third-order valence-corrected chi connectivity index (χ3v) is 2.17. The fourth-order valence-electron chi connectivity index (χ4n) is 1.54. The first-order valence-corrected chi connectivity index (χ1v) is 4.26. The lowest BCUT2D eigenvalue weighted by atomic mass is 10.1. The maximum atomic E-state index is 5.53. The van der Waals surface area contributed by atoms with Crippen LogP contribution in [-0.2, 0) is 4.74 Å². The summed E-state index contributed by atoms with van der Waals surface area (Å²) in [4.78, 5) is 8.17. The van der Waals surface area contributed by atoms with Crippen LogP contribution in [-0.4, -0.2) is 16.6 Å². The van der Waals surface area contributed by atoms with Crippen LogP contribution in [0.3, 0.4) is 0 Å². The lowest BCUT2D eigenvalue weighted by molar-refractivity contribution is 0.108. The maximum absolute atomic E-state index is 5.53. The molecule has 0 spiro atoms. The van der Waals surface area contributed by atoms with Gasteiger partial charge in [0, 0.05) is 12.8 Å². The molecule has 12 heavy (non-hydrogen) atoms. The summed E-state index contributed by atoms with van der Waals surface area (Å²) < 4.78 is 5.53. The first-order chi connectivity index (χ1) is 5.88. The van der Waals surface area contributed by atoms with E-state index in [0.29, 0.717) is 0 Å². The van der Waals surface area contributed by atoms with Crippen molar-refractivity contribution in [1.82, 2.24) is 9.97 Å². The molecule has 0 saturated carbocycles. The van der Waals surface area contributed by atoms with Crippen LogP contribution < -0.4 is 0 Å². The number of hydrogen-bond donors (Lipinski definition) is 0. The van der Waals surface area contributed by atoms with Gasteiger partial charge in [-0.1, -0.05) is 0 Å². The van der Waals surface area contributed by atoms with Crippen molar-refractivity contribution in [2.24, 2.45) is 0 Å². The van der Waals surface area contributed by atoms with Crippen molar-refractivity contribution in [3.63, 3.8) is 0 Å². The Morgan fingerprint density at radius 1 is 1.58 bits per heavy atom. The Bertz CT molecular complexity index is 269. The number of nitrogens with zero attached hydrogens (tertiary/aromatic N) is 2. The molecule has 2 heterocycles. The summed E-state index contributed by atoms with van der Waals surface area (Å²) in [6, 6.07) is 0. The van der Waals surface area contributed by atoms with E-state index in [1.807, 2.05) is 13.1 Å². The molecule has 0 aliphatic carbocycles. The van der Waals surface area contributed by atoms with E-state index in [2.05, 4.69) is 9.97 Å².